The first-order valence-corrected chi connectivity index (χ1v) is 7.84. The predicted molar refractivity (Wildman–Crippen MR) is 89.5 cm³/mol. The molecule has 1 atom stereocenters. The van der Waals surface area contributed by atoms with Crippen LogP contribution in [0.3, 0.4) is 0 Å². The molecule has 2 heterocycles. The molecule has 8 nitrogen and oxygen atoms in total. The third kappa shape index (κ3) is 3.18. The number of amides is 1. The first-order chi connectivity index (χ1) is 11.5. The fourth-order valence-corrected chi connectivity index (χ4v) is 3.03. The van der Waals surface area contributed by atoms with Crippen LogP contribution in [0.15, 0.2) is 24.3 Å². The van der Waals surface area contributed by atoms with Crippen LogP contribution in [0.2, 0.25) is 5.02 Å². The number of carbonyl (C=O) groups is 1. The quantitative estimate of drug-likeness (QED) is 0.651. The average Bonchev–Trinajstić information content (AvgIpc) is 3.14. The Bertz CT molecular complexity index is 791. The Morgan fingerprint density at radius 2 is 2.33 bits per heavy atom. The molecule has 1 aromatic carbocycles. The monoisotopic (exact) mass is 349 g/mol. The number of rotatable bonds is 4. The van der Waals surface area contributed by atoms with Gasteiger partial charge in [0.2, 0.25) is 5.69 Å². The molecule has 0 radical (unpaired) electrons. The van der Waals surface area contributed by atoms with Gasteiger partial charge < -0.3 is 10.2 Å². The first-order valence-electron chi connectivity index (χ1n) is 7.46. The topological polar surface area (TPSA) is 104 Å². The average molecular weight is 350 g/mol. The zero-order valence-corrected chi connectivity index (χ0v) is 13.7. The van der Waals surface area contributed by atoms with Crippen LogP contribution in [0.1, 0.15) is 22.6 Å². The van der Waals surface area contributed by atoms with Crippen molar-refractivity contribution in [2.75, 3.05) is 18.0 Å². The van der Waals surface area contributed by atoms with E-state index in [1.165, 1.54) is 6.92 Å². The first kappa shape index (κ1) is 16.3. The summed E-state index contributed by atoms with van der Waals surface area (Å²) in [5, 5.41) is 20.8. The number of halogens is 1. The Morgan fingerprint density at radius 1 is 1.54 bits per heavy atom. The predicted octanol–water partition coefficient (Wildman–Crippen LogP) is 2.29. The second-order valence-electron chi connectivity index (χ2n) is 5.69. The summed E-state index contributed by atoms with van der Waals surface area (Å²) in [4.78, 5) is 24.9. The summed E-state index contributed by atoms with van der Waals surface area (Å²) in [6.45, 7) is 2.90. The van der Waals surface area contributed by atoms with Gasteiger partial charge in [0.15, 0.2) is 0 Å². The number of nitro groups is 1. The van der Waals surface area contributed by atoms with E-state index in [1.54, 1.807) is 6.07 Å². The van der Waals surface area contributed by atoms with Crippen molar-refractivity contribution in [1.29, 1.82) is 0 Å². The second kappa shape index (κ2) is 6.48. The Kier molecular flexibility index (Phi) is 4.39. The molecule has 2 N–H and O–H groups in total. The van der Waals surface area contributed by atoms with E-state index in [4.69, 9.17) is 11.6 Å². The molecule has 1 aromatic heterocycles. The van der Waals surface area contributed by atoms with Gasteiger partial charge in [0.05, 0.1) is 4.92 Å². The number of hydrogen-bond acceptors (Lipinski definition) is 5. The second-order valence-corrected chi connectivity index (χ2v) is 6.12. The van der Waals surface area contributed by atoms with Crippen molar-refractivity contribution in [3.63, 3.8) is 0 Å². The van der Waals surface area contributed by atoms with Gasteiger partial charge >= 0.3 is 5.69 Å². The number of nitrogens with one attached hydrogen (secondary N) is 2. The highest BCUT2D eigenvalue weighted by molar-refractivity contribution is 6.30. The summed E-state index contributed by atoms with van der Waals surface area (Å²) in [6.07, 6.45) is 0.745. The molecule has 1 aliphatic heterocycles. The molecule has 2 aromatic rings. The molecule has 1 saturated heterocycles. The van der Waals surface area contributed by atoms with Crippen LogP contribution in [0.4, 0.5) is 11.4 Å². The number of anilines is 1. The molecule has 126 valence electrons. The summed E-state index contributed by atoms with van der Waals surface area (Å²) >= 11 is 6.00. The van der Waals surface area contributed by atoms with Gasteiger partial charge in [-0.3, -0.25) is 20.0 Å². The maximum absolute atomic E-state index is 12.3. The van der Waals surface area contributed by atoms with Crippen LogP contribution in [0, 0.1) is 17.0 Å². The molecule has 3 rings (SSSR count). The molecular weight excluding hydrogens is 334 g/mol. The van der Waals surface area contributed by atoms with Crippen molar-refractivity contribution in [2.45, 2.75) is 19.4 Å². The van der Waals surface area contributed by atoms with Crippen molar-refractivity contribution in [2.24, 2.45) is 0 Å². The Hall–Kier alpha value is -2.61. The molecule has 0 bridgehead atoms. The number of aromatic nitrogens is 2. The minimum absolute atomic E-state index is 0.104. The van der Waals surface area contributed by atoms with E-state index in [-0.39, 0.29) is 23.1 Å². The van der Waals surface area contributed by atoms with Crippen LogP contribution in [-0.2, 0) is 0 Å². The van der Waals surface area contributed by atoms with Gasteiger partial charge in [-0.1, -0.05) is 17.7 Å². The van der Waals surface area contributed by atoms with Gasteiger partial charge in [0.1, 0.15) is 5.69 Å². The lowest BCUT2D eigenvalue weighted by Crippen LogP contribution is -2.37. The van der Waals surface area contributed by atoms with Crippen molar-refractivity contribution >= 4 is 28.9 Å². The maximum Gasteiger partial charge on any atom is 0.322 e. The van der Waals surface area contributed by atoms with Gasteiger partial charge in [-0.05, 0) is 31.5 Å². The van der Waals surface area contributed by atoms with Gasteiger partial charge in [-0.2, -0.15) is 5.10 Å². The van der Waals surface area contributed by atoms with E-state index >= 15 is 0 Å². The van der Waals surface area contributed by atoms with Crippen molar-refractivity contribution in [3.05, 3.63) is 50.8 Å². The molecule has 1 aliphatic rings. The number of aromatic amines is 1. The standard InChI is InChI=1S/C15H16ClN5O3/c1-9-14(21(23)24)13(19-18-9)15(22)17-11-5-6-20(8-11)12-4-2-3-10(16)7-12/h2-4,7,11H,5-6,8H2,1H3,(H,17,22)(H,18,19). The molecule has 24 heavy (non-hydrogen) atoms. The van der Waals surface area contributed by atoms with E-state index in [9.17, 15) is 14.9 Å². The van der Waals surface area contributed by atoms with E-state index in [2.05, 4.69) is 20.4 Å². The van der Waals surface area contributed by atoms with Gasteiger partial charge in [-0.15, -0.1) is 0 Å². The normalized spacial score (nSPS) is 17.1. The number of benzene rings is 1. The van der Waals surface area contributed by atoms with Crippen molar-refractivity contribution < 1.29 is 9.72 Å². The minimum atomic E-state index is -0.597. The van der Waals surface area contributed by atoms with Crippen LogP contribution >= 0.6 is 11.6 Å². The smallest absolute Gasteiger partial charge is 0.322 e. The van der Waals surface area contributed by atoms with E-state index in [0.717, 1.165) is 18.7 Å². The molecule has 0 spiro atoms. The third-order valence-corrected chi connectivity index (χ3v) is 4.24. The fraction of sp³-hybridized carbons (Fsp3) is 0.333. The summed E-state index contributed by atoms with van der Waals surface area (Å²) in [7, 11) is 0. The van der Waals surface area contributed by atoms with E-state index in [0.29, 0.717) is 11.6 Å². The highest BCUT2D eigenvalue weighted by atomic mass is 35.5. The lowest BCUT2D eigenvalue weighted by atomic mass is 10.2. The Balaban J connectivity index is 1.68. The minimum Gasteiger partial charge on any atom is -0.369 e. The van der Waals surface area contributed by atoms with Crippen molar-refractivity contribution in [3.8, 4) is 0 Å². The largest absolute Gasteiger partial charge is 0.369 e. The molecule has 9 heteroatoms. The SMILES string of the molecule is Cc1[nH]nc(C(=O)NC2CCN(c3cccc(Cl)c3)C2)c1[N+](=O)[O-]. The Morgan fingerprint density at radius 3 is 3.04 bits per heavy atom. The van der Waals surface area contributed by atoms with Gasteiger partial charge in [-0.25, -0.2) is 0 Å². The fourth-order valence-electron chi connectivity index (χ4n) is 2.84. The highest BCUT2D eigenvalue weighted by Crippen LogP contribution is 2.24. The number of carbonyl (C=O) groups excluding carboxylic acids is 1. The molecule has 1 fully saturated rings. The van der Waals surface area contributed by atoms with Gasteiger partial charge in [0.25, 0.3) is 5.91 Å². The molecule has 0 saturated carbocycles. The van der Waals surface area contributed by atoms with Crippen LogP contribution < -0.4 is 10.2 Å². The van der Waals surface area contributed by atoms with Crippen LogP contribution in [0.25, 0.3) is 0 Å². The summed E-state index contributed by atoms with van der Waals surface area (Å²) in [5.74, 6) is -0.538. The van der Waals surface area contributed by atoms with Crippen LogP contribution in [0.5, 0.6) is 0 Å². The zero-order chi connectivity index (χ0) is 17.3. The van der Waals surface area contributed by atoms with Crippen LogP contribution in [-0.4, -0.2) is 40.2 Å². The van der Waals surface area contributed by atoms with E-state index in [1.807, 2.05) is 18.2 Å². The number of nitrogens with zero attached hydrogens (tertiary/aromatic N) is 3. The maximum atomic E-state index is 12.3. The lowest BCUT2D eigenvalue weighted by molar-refractivity contribution is -0.385. The summed E-state index contributed by atoms with van der Waals surface area (Å²) < 4.78 is 0. The molecular formula is C15H16ClN5O3. The Labute approximate surface area is 142 Å². The lowest BCUT2D eigenvalue weighted by Gasteiger charge is -2.19. The molecule has 0 aliphatic carbocycles. The van der Waals surface area contributed by atoms with E-state index < -0.39 is 10.8 Å². The van der Waals surface area contributed by atoms with Gasteiger partial charge in [0, 0.05) is 29.8 Å². The van der Waals surface area contributed by atoms with Crippen molar-refractivity contribution in [1.82, 2.24) is 15.5 Å². The summed E-state index contributed by atoms with van der Waals surface area (Å²) in [6, 6.07) is 7.40. The molecule has 1 unspecified atom stereocenters. The third-order valence-electron chi connectivity index (χ3n) is 4.01. The number of H-pyrrole nitrogens is 1. The highest BCUT2D eigenvalue weighted by Gasteiger charge is 2.30. The zero-order valence-electron chi connectivity index (χ0n) is 13.0. The number of aryl methyl sites for hydroxylation is 1. The molecule has 1 amide bonds. The number of hydrogen-bond donors (Lipinski definition) is 2. The summed E-state index contributed by atoms with van der Waals surface area (Å²) in [5.41, 5.74) is 0.786.